The van der Waals surface area contributed by atoms with Crippen LogP contribution in [-0.2, 0) is 22.8 Å². The van der Waals surface area contributed by atoms with Gasteiger partial charge in [-0.15, -0.1) is 0 Å². The fourth-order valence-corrected chi connectivity index (χ4v) is 7.00. The molecule has 0 bridgehead atoms. The lowest BCUT2D eigenvalue weighted by Gasteiger charge is -2.42. The van der Waals surface area contributed by atoms with Crippen LogP contribution in [0.1, 0.15) is 126 Å². The van der Waals surface area contributed by atoms with Crippen molar-refractivity contribution in [2.24, 2.45) is 0 Å². The molecule has 0 aliphatic rings. The molecule has 0 aromatic rings. The van der Waals surface area contributed by atoms with Gasteiger partial charge in [-0.2, -0.15) is 0 Å². The average Bonchev–Trinajstić information content (AvgIpc) is 2.81. The molecule has 0 aromatic carbocycles. The summed E-state index contributed by atoms with van der Waals surface area (Å²) in [5.74, 6) is -0.684. The number of carboxylic acids is 1. The van der Waals surface area contributed by atoms with Crippen molar-refractivity contribution in [2.75, 3.05) is 39.6 Å². The molecule has 9 heteroatoms. The van der Waals surface area contributed by atoms with Gasteiger partial charge in [0.2, 0.25) is 0 Å². The normalized spacial score (nSPS) is 12.7. The Morgan fingerprint density at radius 3 is 1.39 bits per heavy atom. The second-order valence-corrected chi connectivity index (χ2v) is 11.7. The SMILES string of the molecule is CCCC(C)(OCCCCCCCCCCCC(=O)O)[Si](OCC)(OCC)OCC.CCO.CCO. The number of rotatable bonds is 22. The number of hydrogen-bond donors (Lipinski definition) is 3. The topological polar surface area (TPSA) is 115 Å². The largest absolute Gasteiger partial charge is 0.534 e. The lowest BCUT2D eigenvalue weighted by Crippen LogP contribution is -2.65. The predicted octanol–water partition coefficient (Wildman–Crippen LogP) is 6.13. The fraction of sp³-hybridized carbons (Fsp3) is 0.963. The highest BCUT2D eigenvalue weighted by Crippen LogP contribution is 2.33. The molecule has 0 heterocycles. The van der Waals surface area contributed by atoms with Crippen LogP contribution in [0.25, 0.3) is 0 Å². The van der Waals surface area contributed by atoms with Crippen molar-refractivity contribution in [3.05, 3.63) is 0 Å². The van der Waals surface area contributed by atoms with E-state index < -0.39 is 20.0 Å². The summed E-state index contributed by atoms with van der Waals surface area (Å²) in [6.07, 6.45) is 12.2. The molecule has 36 heavy (non-hydrogen) atoms. The van der Waals surface area contributed by atoms with Crippen LogP contribution in [0.4, 0.5) is 0 Å². The minimum Gasteiger partial charge on any atom is -0.481 e. The maximum absolute atomic E-state index is 10.5. The molecule has 1 unspecified atom stereocenters. The summed E-state index contributed by atoms with van der Waals surface area (Å²) in [4.78, 5) is 10.5. The Morgan fingerprint density at radius 2 is 1.06 bits per heavy atom. The third-order valence-corrected chi connectivity index (χ3v) is 9.03. The molecule has 8 nitrogen and oxygen atoms in total. The van der Waals surface area contributed by atoms with E-state index in [4.69, 9.17) is 33.3 Å². The van der Waals surface area contributed by atoms with Crippen molar-refractivity contribution in [3.8, 4) is 0 Å². The van der Waals surface area contributed by atoms with Crippen LogP contribution >= 0.6 is 0 Å². The van der Waals surface area contributed by atoms with Gasteiger partial charge in [0.05, 0.1) is 0 Å². The number of ether oxygens (including phenoxy) is 1. The Morgan fingerprint density at radius 1 is 0.694 bits per heavy atom. The first-order valence-corrected chi connectivity index (χ1v) is 16.0. The molecule has 0 aliphatic heterocycles. The second kappa shape index (κ2) is 29.0. The van der Waals surface area contributed by atoms with E-state index in [-0.39, 0.29) is 13.2 Å². The van der Waals surface area contributed by atoms with Crippen LogP contribution in [0.15, 0.2) is 0 Å². The molecule has 0 aliphatic carbocycles. The van der Waals surface area contributed by atoms with Crippen LogP contribution in [0.3, 0.4) is 0 Å². The number of carboxylic acid groups (broad SMARTS) is 1. The highest BCUT2D eigenvalue weighted by atomic mass is 28.4. The molecule has 0 saturated carbocycles. The molecule has 220 valence electrons. The summed E-state index contributed by atoms with van der Waals surface area (Å²) >= 11 is 0. The summed E-state index contributed by atoms with van der Waals surface area (Å²) in [5, 5.41) is 23.3. The number of aliphatic carboxylic acids is 1. The molecule has 0 amide bonds. The van der Waals surface area contributed by atoms with Gasteiger partial charge >= 0.3 is 14.8 Å². The maximum Gasteiger partial charge on any atom is 0.534 e. The van der Waals surface area contributed by atoms with Gasteiger partial charge in [-0.1, -0.05) is 58.3 Å². The molecule has 0 fully saturated rings. The fourth-order valence-electron chi connectivity index (χ4n) is 3.86. The van der Waals surface area contributed by atoms with Crippen LogP contribution in [-0.4, -0.2) is 75.0 Å². The van der Waals surface area contributed by atoms with E-state index in [1.54, 1.807) is 13.8 Å². The monoisotopic (exact) mass is 540 g/mol. The molecule has 3 N–H and O–H groups in total. The van der Waals surface area contributed by atoms with Gasteiger partial charge in [0, 0.05) is 46.1 Å². The number of aliphatic hydroxyl groups excluding tert-OH is 2. The van der Waals surface area contributed by atoms with Crippen molar-refractivity contribution >= 4 is 14.8 Å². The quantitative estimate of drug-likeness (QED) is 0.111. The van der Waals surface area contributed by atoms with Crippen molar-refractivity contribution in [1.29, 1.82) is 0 Å². The Kier molecular flexibility index (Phi) is 32.2. The molecule has 0 aromatic heterocycles. The first-order valence-electron chi connectivity index (χ1n) is 14.2. The molecule has 1 atom stereocenters. The van der Waals surface area contributed by atoms with E-state index in [1.165, 1.54) is 25.7 Å². The van der Waals surface area contributed by atoms with Crippen LogP contribution in [0.2, 0.25) is 0 Å². The standard InChI is InChI=1S/C23H48O6Si.2C2H6O/c1-6-20-23(5,30(27-7-2,28-8-3)29-9-4)26-21-18-16-14-12-10-11-13-15-17-19-22(24)25;2*1-2-3/h6-21H2,1-5H3,(H,24,25);2*3H,2H2,1H3. The predicted molar refractivity (Wildman–Crippen MR) is 149 cm³/mol. The minimum atomic E-state index is -2.93. The molecular weight excluding hydrogens is 480 g/mol. The summed E-state index contributed by atoms with van der Waals surface area (Å²) in [5.41, 5.74) is 0. The number of carbonyl (C=O) groups is 1. The van der Waals surface area contributed by atoms with E-state index in [1.807, 2.05) is 20.8 Å². The van der Waals surface area contributed by atoms with E-state index in [0.29, 0.717) is 32.8 Å². The summed E-state index contributed by atoms with van der Waals surface area (Å²) in [6, 6.07) is 0. The second-order valence-electron chi connectivity index (χ2n) is 8.64. The first-order chi connectivity index (χ1) is 17.2. The van der Waals surface area contributed by atoms with Gasteiger partial charge < -0.3 is 33.3 Å². The lowest BCUT2D eigenvalue weighted by atomic mass is 10.1. The van der Waals surface area contributed by atoms with E-state index in [2.05, 4.69) is 13.8 Å². The molecule has 0 radical (unpaired) electrons. The smallest absolute Gasteiger partial charge is 0.481 e. The molecule has 0 spiro atoms. The Balaban J connectivity index is -0.00000163. The van der Waals surface area contributed by atoms with E-state index >= 15 is 0 Å². The Labute approximate surface area is 223 Å². The Bertz CT molecular complexity index is 434. The van der Waals surface area contributed by atoms with Gasteiger partial charge in [-0.25, -0.2) is 0 Å². The van der Waals surface area contributed by atoms with E-state index in [0.717, 1.165) is 44.9 Å². The molecular formula is C27H60O8Si. The van der Waals surface area contributed by atoms with Crippen LogP contribution in [0.5, 0.6) is 0 Å². The van der Waals surface area contributed by atoms with Crippen molar-refractivity contribution in [3.63, 3.8) is 0 Å². The van der Waals surface area contributed by atoms with Gasteiger partial charge in [-0.3, -0.25) is 4.79 Å². The summed E-state index contributed by atoms with van der Waals surface area (Å²) < 4.78 is 24.8. The van der Waals surface area contributed by atoms with Crippen LogP contribution < -0.4 is 0 Å². The van der Waals surface area contributed by atoms with Gasteiger partial charge in [0.25, 0.3) is 0 Å². The van der Waals surface area contributed by atoms with Crippen molar-refractivity contribution in [1.82, 2.24) is 0 Å². The molecule has 0 saturated heterocycles. The van der Waals surface area contributed by atoms with Crippen molar-refractivity contribution in [2.45, 2.75) is 131 Å². The Hall–Kier alpha value is -0.553. The zero-order valence-corrected chi connectivity index (χ0v) is 25.6. The first kappa shape index (κ1) is 40.0. The van der Waals surface area contributed by atoms with Crippen LogP contribution in [0, 0.1) is 0 Å². The summed E-state index contributed by atoms with van der Waals surface area (Å²) in [6.45, 7) is 16.5. The van der Waals surface area contributed by atoms with Crippen molar-refractivity contribution < 1.29 is 38.1 Å². The maximum atomic E-state index is 10.5. The van der Waals surface area contributed by atoms with Gasteiger partial charge in [0.15, 0.2) is 0 Å². The number of aliphatic hydroxyl groups is 2. The lowest BCUT2D eigenvalue weighted by molar-refractivity contribution is -0.137. The third kappa shape index (κ3) is 21.5. The zero-order chi connectivity index (χ0) is 28.1. The van der Waals surface area contributed by atoms with E-state index in [9.17, 15) is 4.79 Å². The number of hydrogen-bond acceptors (Lipinski definition) is 7. The zero-order valence-electron chi connectivity index (χ0n) is 24.6. The highest BCUT2D eigenvalue weighted by Gasteiger charge is 2.59. The summed E-state index contributed by atoms with van der Waals surface area (Å²) in [7, 11) is -2.93. The minimum absolute atomic E-state index is 0.250. The van der Waals surface area contributed by atoms with Gasteiger partial charge in [-0.05, 0) is 60.8 Å². The molecule has 0 rings (SSSR count). The van der Waals surface area contributed by atoms with Gasteiger partial charge in [0.1, 0.15) is 5.22 Å². The average molecular weight is 541 g/mol. The highest BCUT2D eigenvalue weighted by molar-refractivity contribution is 6.64. The number of unbranched alkanes of at least 4 members (excludes halogenated alkanes) is 8. The third-order valence-electron chi connectivity index (χ3n) is 5.33.